The van der Waals surface area contributed by atoms with Gasteiger partial charge in [-0.15, -0.1) is 12.4 Å². The highest BCUT2D eigenvalue weighted by Crippen LogP contribution is 2.27. The molecule has 0 heterocycles. The third-order valence-electron chi connectivity index (χ3n) is 3.02. The minimum atomic E-state index is -0.294. The van der Waals surface area contributed by atoms with E-state index in [1.165, 1.54) is 0 Å². The molecule has 0 saturated heterocycles. The Labute approximate surface area is 145 Å². The number of halogens is 2. The number of anilines is 2. The quantitative estimate of drug-likeness (QED) is 0.650. The molecule has 0 bridgehead atoms. The first kappa shape index (κ1) is 20.7. The molecule has 2 amide bonds. The van der Waals surface area contributed by atoms with Gasteiger partial charge in [-0.1, -0.05) is 29.8 Å². The van der Waals surface area contributed by atoms with Gasteiger partial charge in [0, 0.05) is 10.9 Å². The number of hydrogen-bond donors (Lipinski definition) is 3. The van der Waals surface area contributed by atoms with Gasteiger partial charge in [0.15, 0.2) is 0 Å². The van der Waals surface area contributed by atoms with Crippen molar-refractivity contribution >= 4 is 51.5 Å². The molecule has 7 heteroatoms. The summed E-state index contributed by atoms with van der Waals surface area (Å²) in [6, 6.07) is 3.61. The first-order chi connectivity index (χ1) is 9.79. The number of aryl methyl sites for hydroxylation is 1. The van der Waals surface area contributed by atoms with Crippen molar-refractivity contribution in [1.29, 1.82) is 0 Å². The molecule has 0 atom stereocenters. The first-order valence-corrected chi connectivity index (χ1v) is 7.71. The third-order valence-corrected chi connectivity index (χ3v) is 3.48. The van der Waals surface area contributed by atoms with Crippen LogP contribution in [0.2, 0.25) is 0 Å². The van der Waals surface area contributed by atoms with Crippen LogP contribution in [0.25, 0.3) is 0 Å². The molecule has 22 heavy (non-hydrogen) atoms. The van der Waals surface area contributed by atoms with Crippen molar-refractivity contribution in [2.24, 2.45) is 5.92 Å². The van der Waals surface area contributed by atoms with E-state index in [-0.39, 0.29) is 30.8 Å². The molecule has 0 saturated carbocycles. The topological polar surface area (TPSA) is 84.2 Å². The number of hydrogen-bond acceptors (Lipinski definition) is 3. The highest BCUT2D eigenvalue weighted by molar-refractivity contribution is 9.10. The number of benzene rings is 1. The van der Waals surface area contributed by atoms with E-state index in [1.807, 2.05) is 13.0 Å². The molecule has 0 unspecified atom stereocenters. The van der Waals surface area contributed by atoms with E-state index in [9.17, 15) is 9.59 Å². The number of nitrogen functional groups attached to an aromatic ring is 1. The van der Waals surface area contributed by atoms with Crippen LogP contribution in [0.5, 0.6) is 0 Å². The van der Waals surface area contributed by atoms with E-state index < -0.39 is 0 Å². The monoisotopic (exact) mass is 391 g/mol. The third kappa shape index (κ3) is 7.13. The van der Waals surface area contributed by atoms with Crippen molar-refractivity contribution in [3.63, 3.8) is 0 Å². The van der Waals surface area contributed by atoms with Gasteiger partial charge in [-0.05, 0) is 37.0 Å². The van der Waals surface area contributed by atoms with Crippen molar-refractivity contribution in [3.05, 3.63) is 22.2 Å². The SMILES string of the molecule is Cc1cc(Br)cc(NC(=O)CNC(=O)CCC(C)C)c1N.Cl. The summed E-state index contributed by atoms with van der Waals surface area (Å²) in [5.74, 6) is 0.0587. The zero-order valence-electron chi connectivity index (χ0n) is 13.0. The molecule has 0 aliphatic carbocycles. The number of amides is 2. The van der Waals surface area contributed by atoms with Crippen LogP contribution in [-0.4, -0.2) is 18.4 Å². The highest BCUT2D eigenvalue weighted by atomic mass is 79.9. The summed E-state index contributed by atoms with van der Waals surface area (Å²) in [6.07, 6.45) is 1.24. The smallest absolute Gasteiger partial charge is 0.243 e. The molecule has 1 aromatic rings. The maximum Gasteiger partial charge on any atom is 0.243 e. The number of rotatable bonds is 6. The molecule has 4 N–H and O–H groups in total. The van der Waals surface area contributed by atoms with Crippen molar-refractivity contribution in [2.75, 3.05) is 17.6 Å². The normalized spacial score (nSPS) is 10.0. The van der Waals surface area contributed by atoms with Gasteiger partial charge in [0.2, 0.25) is 11.8 Å². The molecule has 0 fully saturated rings. The molecular formula is C15H23BrClN3O2. The fourth-order valence-corrected chi connectivity index (χ4v) is 2.31. The lowest BCUT2D eigenvalue weighted by molar-refractivity contribution is -0.124. The Kier molecular flexibility index (Phi) is 9.13. The van der Waals surface area contributed by atoms with Crippen LogP contribution in [0.15, 0.2) is 16.6 Å². The predicted octanol–water partition coefficient (Wildman–Crippen LogP) is 3.25. The molecule has 0 aromatic heterocycles. The first-order valence-electron chi connectivity index (χ1n) is 6.91. The van der Waals surface area contributed by atoms with E-state index in [1.54, 1.807) is 6.07 Å². The molecule has 0 radical (unpaired) electrons. The number of carbonyl (C=O) groups is 2. The molecular weight excluding hydrogens is 370 g/mol. The average molecular weight is 393 g/mol. The molecule has 0 aliphatic heterocycles. The van der Waals surface area contributed by atoms with Crippen LogP contribution in [0.1, 0.15) is 32.3 Å². The standard InChI is InChI=1S/C15H22BrN3O2.ClH/c1-9(2)4-5-13(20)18-8-14(21)19-12-7-11(16)6-10(3)15(12)17;/h6-7,9H,4-5,8,17H2,1-3H3,(H,18,20)(H,19,21);1H. The minimum Gasteiger partial charge on any atom is -0.397 e. The Morgan fingerprint density at radius 3 is 2.50 bits per heavy atom. The Morgan fingerprint density at radius 1 is 1.27 bits per heavy atom. The molecule has 0 spiro atoms. The summed E-state index contributed by atoms with van der Waals surface area (Å²) in [5.41, 5.74) is 7.86. The molecule has 5 nitrogen and oxygen atoms in total. The summed E-state index contributed by atoms with van der Waals surface area (Å²) in [4.78, 5) is 23.4. The van der Waals surface area contributed by atoms with Crippen molar-refractivity contribution in [3.8, 4) is 0 Å². The van der Waals surface area contributed by atoms with Gasteiger partial charge in [-0.3, -0.25) is 9.59 Å². The van der Waals surface area contributed by atoms with Crippen molar-refractivity contribution in [1.82, 2.24) is 5.32 Å². The summed E-state index contributed by atoms with van der Waals surface area (Å²) >= 11 is 3.36. The zero-order valence-corrected chi connectivity index (χ0v) is 15.4. The van der Waals surface area contributed by atoms with E-state index in [4.69, 9.17) is 5.73 Å². The van der Waals surface area contributed by atoms with Crippen LogP contribution in [0.4, 0.5) is 11.4 Å². The average Bonchev–Trinajstić information content (AvgIpc) is 2.39. The van der Waals surface area contributed by atoms with Crippen molar-refractivity contribution < 1.29 is 9.59 Å². The summed E-state index contributed by atoms with van der Waals surface area (Å²) in [7, 11) is 0. The summed E-state index contributed by atoms with van der Waals surface area (Å²) in [6.45, 7) is 5.92. The van der Waals surface area contributed by atoms with Gasteiger partial charge in [-0.25, -0.2) is 0 Å². The fourth-order valence-electron chi connectivity index (χ4n) is 1.74. The van der Waals surface area contributed by atoms with Gasteiger partial charge in [-0.2, -0.15) is 0 Å². The Morgan fingerprint density at radius 2 is 1.91 bits per heavy atom. The van der Waals surface area contributed by atoms with Crippen LogP contribution < -0.4 is 16.4 Å². The molecule has 0 aliphatic rings. The molecule has 1 aromatic carbocycles. The van der Waals surface area contributed by atoms with Gasteiger partial charge < -0.3 is 16.4 Å². The largest absolute Gasteiger partial charge is 0.397 e. The molecule has 124 valence electrons. The lowest BCUT2D eigenvalue weighted by Gasteiger charge is -2.12. The predicted molar refractivity (Wildman–Crippen MR) is 96.3 cm³/mol. The van der Waals surface area contributed by atoms with E-state index >= 15 is 0 Å². The second-order valence-corrected chi connectivity index (χ2v) is 6.36. The number of carbonyl (C=O) groups excluding carboxylic acids is 2. The summed E-state index contributed by atoms with van der Waals surface area (Å²) < 4.78 is 0.838. The van der Waals surface area contributed by atoms with Gasteiger partial charge in [0.1, 0.15) is 0 Å². The highest BCUT2D eigenvalue weighted by Gasteiger charge is 2.10. The van der Waals surface area contributed by atoms with E-state index in [0.29, 0.717) is 23.7 Å². The second kappa shape index (κ2) is 9.69. The minimum absolute atomic E-state index is 0. The maximum absolute atomic E-state index is 11.8. The van der Waals surface area contributed by atoms with Gasteiger partial charge in [0.25, 0.3) is 0 Å². The Bertz CT molecular complexity index is 536. The Balaban J connectivity index is 0.00000441. The second-order valence-electron chi connectivity index (χ2n) is 5.44. The van der Waals surface area contributed by atoms with Crippen LogP contribution in [0.3, 0.4) is 0 Å². The lowest BCUT2D eigenvalue weighted by atomic mass is 10.1. The number of nitrogens with two attached hydrogens (primary N) is 1. The van der Waals surface area contributed by atoms with E-state index in [2.05, 4.69) is 40.4 Å². The van der Waals surface area contributed by atoms with Crippen LogP contribution in [-0.2, 0) is 9.59 Å². The Hall–Kier alpha value is -1.27. The lowest BCUT2D eigenvalue weighted by Crippen LogP contribution is -2.33. The van der Waals surface area contributed by atoms with Gasteiger partial charge in [0.05, 0.1) is 17.9 Å². The van der Waals surface area contributed by atoms with Crippen molar-refractivity contribution in [2.45, 2.75) is 33.6 Å². The van der Waals surface area contributed by atoms with Gasteiger partial charge >= 0.3 is 0 Å². The molecule has 1 rings (SSSR count). The van der Waals surface area contributed by atoms with E-state index in [0.717, 1.165) is 16.5 Å². The fraction of sp³-hybridized carbons (Fsp3) is 0.467. The summed E-state index contributed by atoms with van der Waals surface area (Å²) in [5, 5.41) is 5.31. The van der Waals surface area contributed by atoms with Crippen LogP contribution in [0, 0.1) is 12.8 Å². The zero-order chi connectivity index (χ0) is 16.0. The maximum atomic E-state index is 11.8. The number of nitrogens with one attached hydrogen (secondary N) is 2. The van der Waals surface area contributed by atoms with Crippen LogP contribution >= 0.6 is 28.3 Å².